The molecule has 0 aliphatic carbocycles. The lowest BCUT2D eigenvalue weighted by atomic mass is 10.1. The van der Waals surface area contributed by atoms with Crippen molar-refractivity contribution in [2.75, 3.05) is 5.32 Å². The summed E-state index contributed by atoms with van der Waals surface area (Å²) in [5.41, 5.74) is 0.961. The topological polar surface area (TPSA) is 123 Å². The van der Waals surface area contributed by atoms with E-state index in [2.05, 4.69) is 25.7 Å². The number of hydrogen-bond donors (Lipinski definition) is 2. The van der Waals surface area contributed by atoms with Gasteiger partial charge >= 0.3 is 0 Å². The van der Waals surface area contributed by atoms with Crippen molar-refractivity contribution in [2.45, 2.75) is 46.2 Å². The Hall–Kier alpha value is -3.56. The monoisotopic (exact) mass is 397 g/mol. The van der Waals surface area contributed by atoms with Gasteiger partial charge in [-0.15, -0.1) is 0 Å². The summed E-state index contributed by atoms with van der Waals surface area (Å²) in [6.45, 7) is 6.93. The summed E-state index contributed by atoms with van der Waals surface area (Å²) < 4.78 is 2.78. The largest absolute Gasteiger partial charge is 0.347 e. The fourth-order valence-corrected chi connectivity index (χ4v) is 2.96. The van der Waals surface area contributed by atoms with Crippen molar-refractivity contribution in [3.05, 3.63) is 52.6 Å². The molecule has 0 saturated carbocycles. The second-order valence-electron chi connectivity index (χ2n) is 7.07. The maximum atomic E-state index is 12.9. The first-order valence-electron chi connectivity index (χ1n) is 9.22. The minimum absolute atomic E-state index is 0.202. The standard InChI is InChI=1S/C19H23N7O3/c1-11(2)14-7-15-19(29)26(9-17(28)23-16-5-6-20-10-21-16)24-18(25(15)8-14)12(3)22-13(4)27/h5-8,10-12H,9H2,1-4H3,(H,22,27)(H,20,21,23,28). The average molecular weight is 397 g/mol. The number of hydrogen-bond acceptors (Lipinski definition) is 6. The van der Waals surface area contributed by atoms with E-state index in [1.54, 1.807) is 23.5 Å². The van der Waals surface area contributed by atoms with Gasteiger partial charge < -0.3 is 10.6 Å². The molecule has 0 saturated heterocycles. The number of nitrogens with zero attached hydrogens (tertiary/aromatic N) is 5. The number of nitrogens with one attached hydrogen (secondary N) is 2. The van der Waals surface area contributed by atoms with Crippen LogP contribution in [-0.2, 0) is 16.1 Å². The van der Waals surface area contributed by atoms with Crippen LogP contribution in [0.2, 0.25) is 0 Å². The second kappa shape index (κ2) is 8.21. The van der Waals surface area contributed by atoms with Crippen LogP contribution in [0, 0.1) is 0 Å². The van der Waals surface area contributed by atoms with Crippen LogP contribution in [0.5, 0.6) is 0 Å². The van der Waals surface area contributed by atoms with Crippen molar-refractivity contribution in [2.24, 2.45) is 0 Å². The molecule has 0 fully saturated rings. The van der Waals surface area contributed by atoms with E-state index in [1.165, 1.54) is 19.4 Å². The Morgan fingerprint density at radius 1 is 1.24 bits per heavy atom. The maximum Gasteiger partial charge on any atom is 0.291 e. The molecule has 2 N–H and O–H groups in total. The van der Waals surface area contributed by atoms with E-state index in [0.29, 0.717) is 17.2 Å². The zero-order valence-corrected chi connectivity index (χ0v) is 16.7. The zero-order chi connectivity index (χ0) is 21.1. The predicted molar refractivity (Wildman–Crippen MR) is 106 cm³/mol. The highest BCUT2D eigenvalue weighted by molar-refractivity contribution is 5.89. The van der Waals surface area contributed by atoms with Crippen molar-refractivity contribution in [1.82, 2.24) is 29.5 Å². The number of fused-ring (bicyclic) bond motifs is 1. The quantitative estimate of drug-likeness (QED) is 0.645. The Morgan fingerprint density at radius 3 is 2.62 bits per heavy atom. The number of carbonyl (C=O) groups excluding carboxylic acids is 2. The van der Waals surface area contributed by atoms with Gasteiger partial charge in [-0.2, -0.15) is 5.10 Å². The molecule has 0 bridgehead atoms. The van der Waals surface area contributed by atoms with E-state index in [-0.39, 0.29) is 18.4 Å². The van der Waals surface area contributed by atoms with E-state index in [9.17, 15) is 14.4 Å². The van der Waals surface area contributed by atoms with Gasteiger partial charge in [-0.25, -0.2) is 14.6 Å². The molecule has 2 amide bonds. The molecule has 3 aromatic rings. The molecule has 29 heavy (non-hydrogen) atoms. The average Bonchev–Trinajstić information content (AvgIpc) is 3.10. The molecule has 0 aliphatic rings. The molecule has 10 nitrogen and oxygen atoms in total. The summed E-state index contributed by atoms with van der Waals surface area (Å²) in [6, 6.07) is 2.88. The molecule has 3 heterocycles. The molecular formula is C19H23N7O3. The van der Waals surface area contributed by atoms with Gasteiger partial charge in [-0.05, 0) is 30.5 Å². The number of carbonyl (C=O) groups is 2. The molecule has 0 aromatic carbocycles. The lowest BCUT2D eigenvalue weighted by Crippen LogP contribution is -2.35. The number of amides is 2. The molecular weight excluding hydrogens is 374 g/mol. The van der Waals surface area contributed by atoms with Gasteiger partial charge in [0.2, 0.25) is 11.8 Å². The first-order chi connectivity index (χ1) is 13.8. The zero-order valence-electron chi connectivity index (χ0n) is 16.7. The third-order valence-electron chi connectivity index (χ3n) is 4.38. The molecule has 10 heteroatoms. The Morgan fingerprint density at radius 2 is 2.00 bits per heavy atom. The third-order valence-corrected chi connectivity index (χ3v) is 4.38. The molecule has 0 radical (unpaired) electrons. The van der Waals surface area contributed by atoms with E-state index in [0.717, 1.165) is 10.2 Å². The van der Waals surface area contributed by atoms with Crippen LogP contribution >= 0.6 is 0 Å². The van der Waals surface area contributed by atoms with Gasteiger partial charge in [0, 0.05) is 19.3 Å². The van der Waals surface area contributed by atoms with E-state index >= 15 is 0 Å². The Bertz CT molecular complexity index is 1100. The first-order valence-corrected chi connectivity index (χ1v) is 9.22. The summed E-state index contributed by atoms with van der Waals surface area (Å²) >= 11 is 0. The second-order valence-corrected chi connectivity index (χ2v) is 7.07. The SMILES string of the molecule is CC(=O)NC(C)c1nn(CC(=O)Nc2ccncn2)c(=O)c2cc(C(C)C)cn12. The Kier molecular flexibility index (Phi) is 5.71. The molecule has 3 aromatic heterocycles. The molecule has 3 rings (SSSR count). The predicted octanol–water partition coefficient (Wildman–Crippen LogP) is 1.25. The van der Waals surface area contributed by atoms with Crippen molar-refractivity contribution >= 4 is 23.1 Å². The van der Waals surface area contributed by atoms with Crippen LogP contribution in [0.15, 0.2) is 35.6 Å². The van der Waals surface area contributed by atoms with Gasteiger partial charge in [0.1, 0.15) is 24.2 Å². The summed E-state index contributed by atoms with van der Waals surface area (Å²) in [7, 11) is 0. The lowest BCUT2D eigenvalue weighted by molar-refractivity contribution is -0.120. The normalized spacial score (nSPS) is 12.2. The first kappa shape index (κ1) is 20.2. The summed E-state index contributed by atoms with van der Waals surface area (Å²) in [6.07, 6.45) is 4.65. The minimum atomic E-state index is -0.459. The van der Waals surface area contributed by atoms with Gasteiger partial charge in [0.25, 0.3) is 5.56 Å². The van der Waals surface area contributed by atoms with Gasteiger partial charge in [0.15, 0.2) is 5.82 Å². The van der Waals surface area contributed by atoms with Gasteiger partial charge in [0.05, 0.1) is 6.04 Å². The third kappa shape index (κ3) is 4.48. The lowest BCUT2D eigenvalue weighted by Gasteiger charge is -2.16. The van der Waals surface area contributed by atoms with Crippen molar-refractivity contribution in [3.8, 4) is 0 Å². The molecule has 152 valence electrons. The molecule has 1 atom stereocenters. The van der Waals surface area contributed by atoms with E-state index in [1.807, 2.05) is 20.0 Å². The van der Waals surface area contributed by atoms with Crippen molar-refractivity contribution in [1.29, 1.82) is 0 Å². The Labute approximate surface area is 167 Å². The molecule has 0 aliphatic heterocycles. The fourth-order valence-electron chi connectivity index (χ4n) is 2.96. The summed E-state index contributed by atoms with van der Waals surface area (Å²) in [5, 5.41) is 9.74. The van der Waals surface area contributed by atoms with Crippen molar-refractivity contribution in [3.63, 3.8) is 0 Å². The molecule has 0 spiro atoms. The van der Waals surface area contributed by atoms with Crippen LogP contribution in [0.1, 0.15) is 51.0 Å². The number of rotatable bonds is 6. The van der Waals surface area contributed by atoms with E-state index in [4.69, 9.17) is 0 Å². The highest BCUT2D eigenvalue weighted by Gasteiger charge is 2.20. The highest BCUT2D eigenvalue weighted by atomic mass is 16.2. The Balaban J connectivity index is 2.02. The van der Waals surface area contributed by atoms with Crippen LogP contribution in [0.4, 0.5) is 5.82 Å². The number of aromatic nitrogens is 5. The number of anilines is 1. The minimum Gasteiger partial charge on any atom is -0.347 e. The molecule has 1 unspecified atom stereocenters. The maximum absolute atomic E-state index is 12.9. The summed E-state index contributed by atoms with van der Waals surface area (Å²) in [4.78, 5) is 44.6. The van der Waals surface area contributed by atoms with Crippen LogP contribution in [-0.4, -0.2) is 36.0 Å². The smallest absolute Gasteiger partial charge is 0.291 e. The van der Waals surface area contributed by atoms with Crippen LogP contribution in [0.3, 0.4) is 0 Å². The van der Waals surface area contributed by atoms with Crippen LogP contribution < -0.4 is 16.2 Å². The fraction of sp³-hybridized carbons (Fsp3) is 0.368. The van der Waals surface area contributed by atoms with Gasteiger partial charge in [-0.3, -0.25) is 18.8 Å². The van der Waals surface area contributed by atoms with Crippen LogP contribution in [0.25, 0.3) is 5.52 Å². The van der Waals surface area contributed by atoms with E-state index < -0.39 is 17.5 Å². The summed E-state index contributed by atoms with van der Waals surface area (Å²) in [5.74, 6) is 0.319. The van der Waals surface area contributed by atoms with Crippen molar-refractivity contribution < 1.29 is 9.59 Å². The highest BCUT2D eigenvalue weighted by Crippen LogP contribution is 2.19. The van der Waals surface area contributed by atoms with Gasteiger partial charge in [-0.1, -0.05) is 13.8 Å².